The lowest BCUT2D eigenvalue weighted by Gasteiger charge is -2.26. The van der Waals surface area contributed by atoms with E-state index in [-0.39, 0.29) is 36.1 Å². The molecule has 1 aromatic rings. The van der Waals surface area contributed by atoms with Crippen LogP contribution in [0.15, 0.2) is 24.3 Å². The van der Waals surface area contributed by atoms with E-state index in [1.807, 2.05) is 27.7 Å². The van der Waals surface area contributed by atoms with Crippen LogP contribution >= 0.6 is 0 Å². The van der Waals surface area contributed by atoms with Crippen LogP contribution in [0.1, 0.15) is 33.3 Å². The van der Waals surface area contributed by atoms with Crippen LogP contribution in [-0.4, -0.2) is 18.6 Å². The highest BCUT2D eigenvalue weighted by molar-refractivity contribution is 5.77. The molecule has 22 heavy (non-hydrogen) atoms. The Balaban J connectivity index is 2.61. The number of hydrogen-bond acceptors (Lipinski definition) is 2. The molecule has 124 valence electrons. The molecule has 0 aliphatic carbocycles. The van der Waals surface area contributed by atoms with Gasteiger partial charge in [-0.05, 0) is 30.0 Å². The Morgan fingerprint density at radius 3 is 2.27 bits per heavy atom. The number of benzene rings is 1. The molecule has 3 nitrogen and oxygen atoms in total. The van der Waals surface area contributed by atoms with Gasteiger partial charge in [-0.15, -0.1) is 0 Å². The molecule has 0 bridgehead atoms. The predicted octanol–water partition coefficient (Wildman–Crippen LogP) is 3.88. The minimum Gasteiger partial charge on any atom is -0.484 e. The van der Waals surface area contributed by atoms with Crippen LogP contribution < -0.4 is 10.1 Å². The second-order valence-corrected chi connectivity index (χ2v) is 5.90. The summed E-state index contributed by atoms with van der Waals surface area (Å²) >= 11 is 0. The van der Waals surface area contributed by atoms with Crippen molar-refractivity contribution in [2.45, 2.75) is 39.9 Å². The molecule has 0 aliphatic heterocycles. The number of carbonyl (C=O) groups excluding carboxylic acids is 1. The standard InChI is InChI=1S/C16H22F3NO2/c1-10(2)15(11(3)4)20-14(21)9-22-13-7-5-6-12(8-13)16(17,18)19/h5-8,10-11,15H,9H2,1-4H3,(H,20,21). The fraction of sp³-hybridized carbons (Fsp3) is 0.562. The van der Waals surface area contributed by atoms with Gasteiger partial charge in [0.2, 0.25) is 0 Å². The minimum atomic E-state index is -4.43. The van der Waals surface area contributed by atoms with Crippen molar-refractivity contribution in [2.75, 3.05) is 6.61 Å². The maximum Gasteiger partial charge on any atom is 0.416 e. The van der Waals surface area contributed by atoms with Crippen molar-refractivity contribution in [3.63, 3.8) is 0 Å². The van der Waals surface area contributed by atoms with Crippen LogP contribution in [0.4, 0.5) is 13.2 Å². The molecule has 0 heterocycles. The molecule has 6 heteroatoms. The zero-order valence-corrected chi connectivity index (χ0v) is 13.2. The third kappa shape index (κ3) is 5.58. The molecule has 0 fully saturated rings. The number of rotatable bonds is 6. The maximum atomic E-state index is 12.6. The monoisotopic (exact) mass is 317 g/mol. The molecule has 0 radical (unpaired) electrons. The van der Waals surface area contributed by atoms with E-state index in [1.54, 1.807) is 0 Å². The van der Waals surface area contributed by atoms with Crippen LogP contribution in [0.5, 0.6) is 5.75 Å². The molecular formula is C16H22F3NO2. The predicted molar refractivity (Wildman–Crippen MR) is 78.5 cm³/mol. The van der Waals surface area contributed by atoms with Crippen LogP contribution in [0, 0.1) is 11.8 Å². The van der Waals surface area contributed by atoms with Crippen molar-refractivity contribution >= 4 is 5.91 Å². The van der Waals surface area contributed by atoms with E-state index < -0.39 is 11.7 Å². The molecule has 0 atom stereocenters. The van der Waals surface area contributed by atoms with Gasteiger partial charge in [0.15, 0.2) is 6.61 Å². The summed E-state index contributed by atoms with van der Waals surface area (Å²) < 4.78 is 42.9. The van der Waals surface area contributed by atoms with Crippen molar-refractivity contribution in [3.8, 4) is 5.75 Å². The lowest BCUT2D eigenvalue weighted by molar-refractivity contribution is -0.137. The van der Waals surface area contributed by atoms with Gasteiger partial charge in [-0.25, -0.2) is 0 Å². The average molecular weight is 317 g/mol. The third-order valence-corrected chi connectivity index (χ3v) is 3.30. The molecule has 1 N–H and O–H groups in total. The molecule has 0 aliphatic rings. The van der Waals surface area contributed by atoms with Crippen molar-refractivity contribution in [2.24, 2.45) is 11.8 Å². The summed E-state index contributed by atoms with van der Waals surface area (Å²) in [6, 6.07) is 4.49. The van der Waals surface area contributed by atoms with Crippen LogP contribution in [0.3, 0.4) is 0 Å². The topological polar surface area (TPSA) is 38.3 Å². The van der Waals surface area contributed by atoms with E-state index in [0.29, 0.717) is 0 Å². The van der Waals surface area contributed by atoms with E-state index in [1.165, 1.54) is 12.1 Å². The summed E-state index contributed by atoms with van der Waals surface area (Å²) in [5.41, 5.74) is -0.798. The number of alkyl halides is 3. The van der Waals surface area contributed by atoms with Crippen molar-refractivity contribution in [1.82, 2.24) is 5.32 Å². The first kappa shape index (κ1) is 18.3. The number of ether oxygens (including phenoxy) is 1. The Bertz CT molecular complexity index is 490. The minimum absolute atomic E-state index is 0.00221. The number of carbonyl (C=O) groups is 1. The Hall–Kier alpha value is -1.72. The average Bonchev–Trinajstić information content (AvgIpc) is 2.41. The molecule has 1 amide bonds. The van der Waals surface area contributed by atoms with Gasteiger partial charge in [-0.2, -0.15) is 13.2 Å². The number of hydrogen-bond donors (Lipinski definition) is 1. The first-order valence-corrected chi connectivity index (χ1v) is 7.20. The lowest BCUT2D eigenvalue weighted by atomic mass is 9.93. The Morgan fingerprint density at radius 2 is 1.77 bits per heavy atom. The van der Waals surface area contributed by atoms with Crippen LogP contribution in [0.25, 0.3) is 0 Å². The van der Waals surface area contributed by atoms with Crippen LogP contribution in [-0.2, 0) is 11.0 Å². The molecule has 0 saturated carbocycles. The first-order chi connectivity index (χ1) is 10.1. The van der Waals surface area contributed by atoms with Crippen molar-refractivity contribution in [3.05, 3.63) is 29.8 Å². The summed E-state index contributed by atoms with van der Waals surface area (Å²) in [7, 11) is 0. The zero-order chi connectivity index (χ0) is 16.9. The van der Waals surface area contributed by atoms with Gasteiger partial charge < -0.3 is 10.1 Å². The van der Waals surface area contributed by atoms with Crippen LogP contribution in [0.2, 0.25) is 0 Å². The molecule has 0 saturated heterocycles. The molecule has 1 rings (SSSR count). The second kappa shape index (κ2) is 7.51. The quantitative estimate of drug-likeness (QED) is 0.864. The first-order valence-electron chi connectivity index (χ1n) is 7.20. The fourth-order valence-corrected chi connectivity index (χ4v) is 2.24. The number of halogens is 3. The van der Waals surface area contributed by atoms with Crippen molar-refractivity contribution in [1.29, 1.82) is 0 Å². The van der Waals surface area contributed by atoms with E-state index in [2.05, 4.69) is 5.32 Å². The van der Waals surface area contributed by atoms with E-state index in [9.17, 15) is 18.0 Å². The van der Waals surface area contributed by atoms with E-state index in [4.69, 9.17) is 4.74 Å². The molecule has 1 aromatic carbocycles. The smallest absolute Gasteiger partial charge is 0.416 e. The Morgan fingerprint density at radius 1 is 1.18 bits per heavy atom. The largest absolute Gasteiger partial charge is 0.484 e. The van der Waals surface area contributed by atoms with Gasteiger partial charge >= 0.3 is 6.18 Å². The van der Waals surface area contributed by atoms with E-state index in [0.717, 1.165) is 12.1 Å². The number of nitrogens with one attached hydrogen (secondary N) is 1. The highest BCUT2D eigenvalue weighted by Gasteiger charge is 2.30. The summed E-state index contributed by atoms with van der Waals surface area (Å²) in [5.74, 6) is 0.204. The summed E-state index contributed by atoms with van der Waals surface area (Å²) in [6.07, 6.45) is -4.43. The normalized spacial score (nSPS) is 12.1. The fourth-order valence-electron chi connectivity index (χ4n) is 2.24. The summed E-state index contributed by atoms with van der Waals surface area (Å²) in [5, 5.41) is 2.84. The number of amides is 1. The van der Waals surface area contributed by atoms with Gasteiger partial charge in [-0.1, -0.05) is 33.8 Å². The second-order valence-electron chi connectivity index (χ2n) is 5.90. The van der Waals surface area contributed by atoms with Gasteiger partial charge in [-0.3, -0.25) is 4.79 Å². The third-order valence-electron chi connectivity index (χ3n) is 3.30. The lowest BCUT2D eigenvalue weighted by Crippen LogP contribution is -2.44. The molecule has 0 unspecified atom stereocenters. The van der Waals surface area contributed by atoms with Gasteiger partial charge in [0.05, 0.1) is 5.56 Å². The molecular weight excluding hydrogens is 295 g/mol. The van der Waals surface area contributed by atoms with Gasteiger partial charge in [0.1, 0.15) is 5.75 Å². The molecule has 0 aromatic heterocycles. The van der Waals surface area contributed by atoms with Gasteiger partial charge in [0, 0.05) is 6.04 Å². The SMILES string of the molecule is CC(C)C(NC(=O)COc1cccc(C(F)(F)F)c1)C(C)C. The highest BCUT2D eigenvalue weighted by atomic mass is 19.4. The summed E-state index contributed by atoms with van der Waals surface area (Å²) in [6.45, 7) is 7.69. The Kier molecular flexibility index (Phi) is 6.26. The van der Waals surface area contributed by atoms with E-state index >= 15 is 0 Å². The Labute approximate surface area is 128 Å². The van der Waals surface area contributed by atoms with Gasteiger partial charge in [0.25, 0.3) is 5.91 Å². The summed E-state index contributed by atoms with van der Waals surface area (Å²) in [4.78, 5) is 11.9. The zero-order valence-electron chi connectivity index (χ0n) is 13.2. The van der Waals surface area contributed by atoms with Crippen molar-refractivity contribution < 1.29 is 22.7 Å². The maximum absolute atomic E-state index is 12.6. The molecule has 0 spiro atoms. The highest BCUT2D eigenvalue weighted by Crippen LogP contribution is 2.31.